The van der Waals surface area contributed by atoms with E-state index >= 15 is 0 Å². The van der Waals surface area contributed by atoms with Crippen molar-refractivity contribution >= 4 is 29.9 Å². The molecule has 2 nitrogen and oxygen atoms in total. The molecule has 0 unspecified atom stereocenters. The van der Waals surface area contributed by atoms with Gasteiger partial charge in [-0.05, 0) is 6.42 Å². The first-order chi connectivity index (χ1) is 10.8. The van der Waals surface area contributed by atoms with Crippen LogP contribution in [0.4, 0.5) is 0 Å². The van der Waals surface area contributed by atoms with Crippen LogP contribution in [0.15, 0.2) is 0 Å². The number of carbonyl (C=O) groups excluding carboxylic acids is 1. The first-order valence-electron chi connectivity index (χ1n) is 9.90. The van der Waals surface area contributed by atoms with Crippen LogP contribution in [0.1, 0.15) is 117 Å². The van der Waals surface area contributed by atoms with E-state index in [-0.39, 0.29) is 29.9 Å². The van der Waals surface area contributed by atoms with Crippen molar-refractivity contribution in [3.05, 3.63) is 0 Å². The van der Waals surface area contributed by atoms with E-state index in [1.165, 1.54) is 103 Å². The van der Waals surface area contributed by atoms with Crippen molar-refractivity contribution in [2.45, 2.75) is 117 Å². The predicted octanol–water partition coefficient (Wildman–Crippen LogP) is 5.89. The summed E-state index contributed by atoms with van der Waals surface area (Å²) in [4.78, 5) is 10.6. The molecule has 0 N–H and O–H groups in total. The maximum absolute atomic E-state index is 10.6. The summed E-state index contributed by atoms with van der Waals surface area (Å²) < 4.78 is 4.92. The average Bonchev–Trinajstić information content (AvgIpc) is 2.50. The number of carbonyl (C=O) groups is 1. The van der Waals surface area contributed by atoms with Crippen LogP contribution in [0.2, 0.25) is 0 Å². The van der Waals surface area contributed by atoms with Crippen LogP contribution in [0, 0.1) is 0 Å². The molecule has 3 heteroatoms. The van der Waals surface area contributed by atoms with E-state index < -0.39 is 0 Å². The Morgan fingerprint density at radius 2 is 0.913 bits per heavy atom. The van der Waals surface area contributed by atoms with Gasteiger partial charge in [-0.15, -0.1) is 0 Å². The van der Waals surface area contributed by atoms with Gasteiger partial charge in [-0.1, -0.05) is 103 Å². The molecule has 0 saturated heterocycles. The molecule has 138 valence electrons. The normalized spacial score (nSPS) is 10.3. The minimum absolute atomic E-state index is 0. The van der Waals surface area contributed by atoms with Crippen molar-refractivity contribution in [2.24, 2.45) is 0 Å². The van der Waals surface area contributed by atoms with Gasteiger partial charge in [0.15, 0.2) is 0 Å². The molecule has 0 heterocycles. The Balaban J connectivity index is 0. The molecule has 0 amide bonds. The molecule has 0 saturated carbocycles. The van der Waals surface area contributed by atoms with E-state index in [9.17, 15) is 4.79 Å². The van der Waals surface area contributed by atoms with Gasteiger partial charge in [-0.2, -0.15) is 0 Å². The topological polar surface area (TPSA) is 26.3 Å². The molecule has 2 radical (unpaired) electrons. The molecule has 0 aliphatic heterocycles. The molecule has 0 bridgehead atoms. The van der Waals surface area contributed by atoms with Crippen molar-refractivity contribution in [3.63, 3.8) is 0 Å². The number of unbranched alkanes of at least 4 members (excludes halogenated alkanes) is 15. The summed E-state index contributed by atoms with van der Waals surface area (Å²) in [5, 5.41) is 0. The SMILES string of the molecule is CCCCCCCCCCCCCCCCCCOC(C)=O.[SnH2]. The predicted molar refractivity (Wildman–Crippen MR) is 105 cm³/mol. The van der Waals surface area contributed by atoms with Gasteiger partial charge < -0.3 is 4.74 Å². The summed E-state index contributed by atoms with van der Waals surface area (Å²) in [6.45, 7) is 4.36. The number of hydrogen-bond acceptors (Lipinski definition) is 2. The Morgan fingerprint density at radius 1 is 0.609 bits per heavy atom. The molecular weight excluding hydrogens is 391 g/mol. The zero-order valence-corrected chi connectivity index (χ0v) is 20.1. The molecule has 0 atom stereocenters. The van der Waals surface area contributed by atoms with Crippen molar-refractivity contribution < 1.29 is 9.53 Å². The maximum atomic E-state index is 10.6. The molecule has 0 rings (SSSR count). The van der Waals surface area contributed by atoms with Crippen molar-refractivity contribution in [1.29, 1.82) is 0 Å². The summed E-state index contributed by atoms with van der Waals surface area (Å²) in [5.41, 5.74) is 0. The van der Waals surface area contributed by atoms with E-state index in [0.717, 1.165) is 6.42 Å². The van der Waals surface area contributed by atoms with Crippen molar-refractivity contribution in [3.8, 4) is 0 Å². The Bertz CT molecular complexity index is 232. The van der Waals surface area contributed by atoms with E-state index in [4.69, 9.17) is 4.74 Å². The number of hydrogen-bond donors (Lipinski definition) is 0. The first-order valence-corrected chi connectivity index (χ1v) is 9.90. The molecular formula is C20H42O2Sn. The molecule has 0 spiro atoms. The fraction of sp³-hybridized carbons (Fsp3) is 0.950. The van der Waals surface area contributed by atoms with E-state index in [2.05, 4.69) is 6.92 Å². The van der Waals surface area contributed by atoms with Gasteiger partial charge >= 0.3 is 29.9 Å². The Kier molecular flexibility index (Phi) is 24.7. The quantitative estimate of drug-likeness (QED) is 0.162. The van der Waals surface area contributed by atoms with Gasteiger partial charge in [0.25, 0.3) is 0 Å². The molecule has 23 heavy (non-hydrogen) atoms. The fourth-order valence-corrected chi connectivity index (χ4v) is 2.87. The summed E-state index contributed by atoms with van der Waals surface area (Å²) in [5.74, 6) is -0.152. The van der Waals surface area contributed by atoms with Gasteiger partial charge in [0.1, 0.15) is 0 Å². The second kappa shape index (κ2) is 22.3. The second-order valence-corrected chi connectivity index (χ2v) is 6.64. The average molecular weight is 433 g/mol. The minimum atomic E-state index is -0.152. The molecule has 0 fully saturated rings. The molecule has 0 aromatic carbocycles. The van der Waals surface area contributed by atoms with Crippen LogP contribution in [0.5, 0.6) is 0 Å². The van der Waals surface area contributed by atoms with Gasteiger partial charge in [-0.3, -0.25) is 4.79 Å². The first kappa shape index (κ1) is 25.5. The van der Waals surface area contributed by atoms with Crippen molar-refractivity contribution in [2.75, 3.05) is 6.61 Å². The van der Waals surface area contributed by atoms with E-state index in [1.54, 1.807) is 0 Å². The Morgan fingerprint density at radius 3 is 1.22 bits per heavy atom. The van der Waals surface area contributed by atoms with E-state index in [1.807, 2.05) is 0 Å². The standard InChI is InChI=1S/C20H40O2.Sn.2H/c1-3-4-5-6-7-8-9-10-11-12-13-14-15-16-17-18-19-22-20(2)21;;;/h3-19H2,1-2H3;;;. The third kappa shape index (κ3) is 24.6. The van der Waals surface area contributed by atoms with Crippen LogP contribution >= 0.6 is 0 Å². The van der Waals surface area contributed by atoms with Gasteiger partial charge in [0.05, 0.1) is 6.61 Å². The summed E-state index contributed by atoms with van der Waals surface area (Å²) in [6.07, 6.45) is 22.0. The Labute approximate surface area is 162 Å². The van der Waals surface area contributed by atoms with Crippen molar-refractivity contribution in [1.82, 2.24) is 0 Å². The van der Waals surface area contributed by atoms with Crippen LogP contribution in [-0.4, -0.2) is 36.5 Å². The molecule has 0 aromatic heterocycles. The Hall–Kier alpha value is 0.269. The molecule has 0 aliphatic rings. The monoisotopic (exact) mass is 434 g/mol. The summed E-state index contributed by atoms with van der Waals surface area (Å²) >= 11 is 0. The molecule has 0 aliphatic carbocycles. The fourth-order valence-electron chi connectivity index (χ4n) is 2.87. The molecule has 0 aromatic rings. The van der Waals surface area contributed by atoms with Crippen LogP contribution in [0.3, 0.4) is 0 Å². The second-order valence-electron chi connectivity index (χ2n) is 6.64. The number of ether oxygens (including phenoxy) is 1. The summed E-state index contributed by atoms with van der Waals surface area (Å²) in [7, 11) is 0. The van der Waals surface area contributed by atoms with Crippen LogP contribution < -0.4 is 0 Å². The zero-order chi connectivity index (χ0) is 16.3. The van der Waals surface area contributed by atoms with Crippen LogP contribution in [0.25, 0.3) is 0 Å². The van der Waals surface area contributed by atoms with E-state index in [0.29, 0.717) is 6.61 Å². The van der Waals surface area contributed by atoms with Gasteiger partial charge in [-0.25, -0.2) is 0 Å². The zero-order valence-electron chi connectivity index (χ0n) is 16.0. The van der Waals surface area contributed by atoms with Gasteiger partial charge in [0, 0.05) is 6.92 Å². The third-order valence-electron chi connectivity index (χ3n) is 4.30. The van der Waals surface area contributed by atoms with Gasteiger partial charge in [0.2, 0.25) is 0 Å². The number of esters is 1. The third-order valence-corrected chi connectivity index (χ3v) is 4.30. The summed E-state index contributed by atoms with van der Waals surface area (Å²) in [6, 6.07) is 0. The number of rotatable bonds is 17. The van der Waals surface area contributed by atoms with Crippen LogP contribution in [-0.2, 0) is 9.53 Å².